The molecule has 41 heavy (non-hydrogen) atoms. The van der Waals surface area contributed by atoms with Gasteiger partial charge in [-0.1, -0.05) is 54.7 Å². The van der Waals surface area contributed by atoms with Gasteiger partial charge < -0.3 is 9.80 Å². The van der Waals surface area contributed by atoms with Crippen LogP contribution in [0.4, 0.5) is 0 Å². The monoisotopic (exact) mass is 616 g/mol. The maximum Gasteiger partial charge on any atom is 0.243 e. The second kappa shape index (κ2) is 11.9. The average molecular weight is 618 g/mol. The molecular weight excluding hydrogens is 583 g/mol. The maximum atomic E-state index is 13.9. The summed E-state index contributed by atoms with van der Waals surface area (Å²) in [5, 5.41) is 2.50. The van der Waals surface area contributed by atoms with Gasteiger partial charge in [-0.25, -0.2) is 13.4 Å². The summed E-state index contributed by atoms with van der Waals surface area (Å²) in [5.41, 5.74) is 0.330. The van der Waals surface area contributed by atoms with Crippen LogP contribution in [0.2, 0.25) is 10.2 Å². The van der Waals surface area contributed by atoms with Gasteiger partial charge in [0.05, 0.1) is 17.0 Å². The first kappa shape index (κ1) is 29.8. The number of aromatic nitrogens is 1. The van der Waals surface area contributed by atoms with Gasteiger partial charge in [-0.05, 0) is 85.7 Å². The lowest BCUT2D eigenvalue weighted by molar-refractivity contribution is -0.146. The molecular formula is C30H34Cl2N4O4S. The van der Waals surface area contributed by atoms with Gasteiger partial charge in [0.1, 0.15) is 11.2 Å². The molecule has 8 nitrogen and oxygen atoms in total. The molecule has 3 aromatic rings. The van der Waals surface area contributed by atoms with E-state index in [2.05, 4.69) is 16.6 Å². The summed E-state index contributed by atoms with van der Waals surface area (Å²) in [7, 11) is -3.98. The van der Waals surface area contributed by atoms with Crippen LogP contribution in [0.25, 0.3) is 10.8 Å². The molecule has 218 valence electrons. The van der Waals surface area contributed by atoms with Gasteiger partial charge in [-0.15, -0.1) is 0 Å². The number of carbonyl (C=O) groups excluding carboxylic acids is 2. The minimum atomic E-state index is -3.98. The second-order valence-electron chi connectivity index (χ2n) is 11.1. The third-order valence-corrected chi connectivity index (χ3v) is 10.3. The van der Waals surface area contributed by atoms with Crippen LogP contribution in [0.15, 0.2) is 59.6 Å². The molecule has 3 heterocycles. The first-order chi connectivity index (χ1) is 19.5. The molecule has 2 fully saturated rings. The van der Waals surface area contributed by atoms with Gasteiger partial charge in [0.15, 0.2) is 0 Å². The van der Waals surface area contributed by atoms with E-state index in [1.807, 2.05) is 17.9 Å². The first-order valence-corrected chi connectivity index (χ1v) is 16.2. The van der Waals surface area contributed by atoms with Crippen LogP contribution in [-0.4, -0.2) is 60.2 Å². The van der Waals surface area contributed by atoms with E-state index in [0.717, 1.165) is 42.0 Å². The Morgan fingerprint density at radius 3 is 2.59 bits per heavy atom. The van der Waals surface area contributed by atoms with E-state index >= 15 is 0 Å². The number of rotatable bonds is 8. The Kier molecular flexibility index (Phi) is 8.62. The van der Waals surface area contributed by atoms with Crippen molar-refractivity contribution in [2.45, 2.75) is 74.9 Å². The number of likely N-dealkylation sites (tertiary alicyclic amines) is 2. The van der Waals surface area contributed by atoms with Crippen LogP contribution in [0.1, 0.15) is 57.9 Å². The van der Waals surface area contributed by atoms with Crippen LogP contribution < -0.4 is 4.72 Å². The Morgan fingerprint density at radius 1 is 1.10 bits per heavy atom. The van der Waals surface area contributed by atoms with Crippen LogP contribution in [0, 0.1) is 0 Å². The summed E-state index contributed by atoms with van der Waals surface area (Å²) in [4.78, 5) is 35.1. The molecule has 2 aliphatic rings. The van der Waals surface area contributed by atoms with E-state index in [9.17, 15) is 18.0 Å². The number of amides is 2. The highest BCUT2D eigenvalue weighted by Gasteiger charge is 2.47. The fourth-order valence-electron chi connectivity index (χ4n) is 6.23. The van der Waals surface area contributed by atoms with Gasteiger partial charge in [-0.3, -0.25) is 9.59 Å². The first-order valence-electron chi connectivity index (χ1n) is 14.0. The Morgan fingerprint density at radius 2 is 1.85 bits per heavy atom. The van der Waals surface area contributed by atoms with Gasteiger partial charge in [0.25, 0.3) is 0 Å². The number of benzene rings is 2. The highest BCUT2D eigenvalue weighted by molar-refractivity contribution is 7.89. The van der Waals surface area contributed by atoms with Crippen LogP contribution >= 0.6 is 23.2 Å². The molecule has 3 atom stereocenters. The summed E-state index contributed by atoms with van der Waals surface area (Å²) in [5.74, 6) is -0.537. The number of nitrogens with one attached hydrogen (secondary N) is 1. The number of hydrogen-bond donors (Lipinski definition) is 1. The van der Waals surface area contributed by atoms with Crippen molar-refractivity contribution in [3.63, 3.8) is 0 Å². The van der Waals surface area contributed by atoms with Gasteiger partial charge in [0, 0.05) is 23.8 Å². The topological polar surface area (TPSA) is 99.7 Å². The lowest BCUT2D eigenvalue weighted by Crippen LogP contribution is -2.56. The third kappa shape index (κ3) is 6.09. The summed E-state index contributed by atoms with van der Waals surface area (Å²) in [6, 6.07) is 12.7. The molecule has 0 saturated carbocycles. The molecule has 1 aromatic heterocycles. The van der Waals surface area contributed by atoms with Crippen molar-refractivity contribution in [1.82, 2.24) is 19.5 Å². The van der Waals surface area contributed by atoms with Gasteiger partial charge >= 0.3 is 0 Å². The van der Waals surface area contributed by atoms with Crippen LogP contribution in [-0.2, 0) is 25.2 Å². The van der Waals surface area contributed by atoms with Crippen molar-refractivity contribution in [2.75, 3.05) is 13.1 Å². The Hall–Kier alpha value is -2.72. The molecule has 0 radical (unpaired) electrons. The molecule has 2 aromatic carbocycles. The molecule has 2 amide bonds. The molecule has 5 rings (SSSR count). The molecule has 2 saturated heterocycles. The van der Waals surface area contributed by atoms with E-state index in [1.165, 1.54) is 11.0 Å². The molecule has 2 aliphatic heterocycles. The quantitative estimate of drug-likeness (QED) is 0.336. The predicted octanol–water partition coefficient (Wildman–Crippen LogP) is 5.52. The minimum Gasteiger partial charge on any atom is -0.332 e. The van der Waals surface area contributed by atoms with Crippen molar-refractivity contribution in [3.8, 4) is 0 Å². The highest BCUT2D eigenvalue weighted by Crippen LogP contribution is 2.43. The van der Waals surface area contributed by atoms with Crippen LogP contribution in [0.5, 0.6) is 0 Å². The zero-order valence-electron chi connectivity index (χ0n) is 23.1. The number of nitrogens with zero attached hydrogens (tertiary/aromatic N) is 3. The number of halogens is 2. The fraction of sp³-hybridized carbons (Fsp3) is 0.433. The zero-order chi connectivity index (χ0) is 29.4. The maximum absolute atomic E-state index is 13.9. The molecule has 0 bridgehead atoms. The minimum absolute atomic E-state index is 0.0464. The van der Waals surface area contributed by atoms with Crippen LogP contribution in [0.3, 0.4) is 0 Å². The lowest BCUT2D eigenvalue weighted by Gasteiger charge is -2.41. The van der Waals surface area contributed by atoms with E-state index < -0.39 is 21.6 Å². The molecule has 0 spiro atoms. The van der Waals surface area contributed by atoms with Crippen molar-refractivity contribution in [3.05, 3.63) is 70.5 Å². The third-order valence-electron chi connectivity index (χ3n) is 8.34. The van der Waals surface area contributed by atoms with Crippen molar-refractivity contribution < 1.29 is 18.0 Å². The van der Waals surface area contributed by atoms with Crippen molar-refractivity contribution in [1.29, 1.82) is 0 Å². The summed E-state index contributed by atoms with van der Waals surface area (Å²) >= 11 is 12.1. The van der Waals surface area contributed by atoms with Gasteiger partial charge in [-0.2, -0.15) is 4.72 Å². The SMILES string of the molecule is CCC[C@@H]1CC[C@@](C)(c2ccc(Cl)nc2)N1C(=O)CN1CCC[C@H](NS(=O)(=O)c2ccc3cc(Cl)ccc3c2)C1=O. The number of hydrogen-bond acceptors (Lipinski definition) is 5. The summed E-state index contributed by atoms with van der Waals surface area (Å²) in [6.07, 6.45) is 6.08. The predicted molar refractivity (Wildman–Crippen MR) is 160 cm³/mol. The summed E-state index contributed by atoms with van der Waals surface area (Å²) < 4.78 is 29.1. The molecule has 11 heteroatoms. The normalized spacial score (nSPS) is 23.4. The number of piperidine rings is 1. The van der Waals surface area contributed by atoms with E-state index in [4.69, 9.17) is 23.2 Å². The number of fused-ring (bicyclic) bond motifs is 1. The number of pyridine rings is 1. The Balaban J connectivity index is 1.33. The van der Waals surface area contributed by atoms with E-state index in [-0.39, 0.29) is 29.3 Å². The molecule has 0 unspecified atom stereocenters. The Labute approximate surface area is 251 Å². The fourth-order valence-corrected chi connectivity index (χ4v) is 7.78. The number of carbonyl (C=O) groups is 2. The average Bonchev–Trinajstić information content (AvgIpc) is 3.28. The number of sulfonamides is 1. The smallest absolute Gasteiger partial charge is 0.243 e. The van der Waals surface area contributed by atoms with Gasteiger partial charge in [0.2, 0.25) is 21.8 Å². The van der Waals surface area contributed by atoms with E-state index in [0.29, 0.717) is 29.6 Å². The zero-order valence-corrected chi connectivity index (χ0v) is 25.5. The van der Waals surface area contributed by atoms with Crippen molar-refractivity contribution >= 4 is 55.8 Å². The highest BCUT2D eigenvalue weighted by atomic mass is 35.5. The molecule has 0 aliphatic carbocycles. The molecule has 1 N–H and O–H groups in total. The standard InChI is InChI=1S/C30H34Cl2N4O4S/c1-3-5-24-13-14-30(2,22-9-12-27(32)33-18-22)36(24)28(37)19-35-15-4-6-26(29(35)38)34-41(39,40)25-11-8-20-16-23(31)10-7-21(20)17-25/h7-12,16-18,24,26,34H,3-6,13-15,19H2,1-2H3/t24-,26+,30+/m1/s1. The van der Waals surface area contributed by atoms with Crippen molar-refractivity contribution in [2.24, 2.45) is 0 Å². The largest absolute Gasteiger partial charge is 0.332 e. The Bertz CT molecular complexity index is 1570. The van der Waals surface area contributed by atoms with E-state index in [1.54, 1.807) is 42.6 Å². The second-order valence-corrected chi connectivity index (χ2v) is 13.7. The summed E-state index contributed by atoms with van der Waals surface area (Å²) in [6.45, 7) is 4.42. The lowest BCUT2D eigenvalue weighted by atomic mass is 9.90.